The Morgan fingerprint density at radius 1 is 1.36 bits per heavy atom. The Bertz CT molecular complexity index is 179. The highest BCUT2D eigenvalue weighted by atomic mass is 19.4. The second-order valence-corrected chi connectivity index (χ2v) is 2.62. The van der Waals surface area contributed by atoms with E-state index in [0.717, 1.165) is 0 Å². The smallest absolute Gasteiger partial charge is 0.435 e. The van der Waals surface area contributed by atoms with Gasteiger partial charge in [0.25, 0.3) is 0 Å². The fourth-order valence-electron chi connectivity index (χ4n) is 0.820. The summed E-state index contributed by atoms with van der Waals surface area (Å²) in [5.74, 6) is 0. The molecule has 0 radical (unpaired) electrons. The summed E-state index contributed by atoms with van der Waals surface area (Å²) >= 11 is 0. The normalized spacial score (nSPS) is 13.5. The van der Waals surface area contributed by atoms with Crippen molar-refractivity contribution >= 4 is 6.16 Å². The average Bonchev–Trinajstić information content (AvgIpc) is 2.02. The molecule has 1 unspecified atom stereocenters. The maximum atomic E-state index is 12.2. The number of hydrogen-bond acceptors (Lipinski definition) is 3. The quantitative estimate of drug-likeness (QED) is 0.675. The molecule has 0 aliphatic rings. The molecule has 0 rings (SSSR count). The number of rotatable bonds is 4. The molecule has 0 N–H and O–H groups in total. The van der Waals surface area contributed by atoms with Gasteiger partial charge in [-0.1, -0.05) is 13.3 Å². The molecule has 6 heteroatoms. The van der Waals surface area contributed by atoms with Crippen molar-refractivity contribution in [1.82, 2.24) is 0 Å². The molecule has 0 aromatic rings. The number of carbonyl (C=O) groups excluding carboxylic acids is 1. The van der Waals surface area contributed by atoms with Gasteiger partial charge in [0.1, 0.15) is 0 Å². The average molecular weight is 214 g/mol. The predicted octanol–water partition coefficient (Wildman–Crippen LogP) is 2.89. The highest BCUT2D eigenvalue weighted by Gasteiger charge is 2.42. The van der Waals surface area contributed by atoms with E-state index >= 15 is 0 Å². The zero-order valence-corrected chi connectivity index (χ0v) is 8.06. The fraction of sp³-hybridized carbons (Fsp3) is 0.875. The van der Waals surface area contributed by atoms with Crippen LogP contribution in [0.4, 0.5) is 18.0 Å². The summed E-state index contributed by atoms with van der Waals surface area (Å²) in [6.07, 6.45) is -7.83. The molecule has 0 aliphatic heterocycles. The summed E-state index contributed by atoms with van der Waals surface area (Å²) in [4.78, 5) is 10.6. The van der Waals surface area contributed by atoms with Crippen LogP contribution in [0.15, 0.2) is 0 Å². The summed E-state index contributed by atoms with van der Waals surface area (Å²) < 4.78 is 44.9. The van der Waals surface area contributed by atoms with Crippen molar-refractivity contribution in [3.63, 3.8) is 0 Å². The third kappa shape index (κ3) is 4.94. The second-order valence-electron chi connectivity index (χ2n) is 2.62. The first-order valence-electron chi connectivity index (χ1n) is 4.31. The molecule has 0 fully saturated rings. The van der Waals surface area contributed by atoms with Crippen LogP contribution >= 0.6 is 0 Å². The first kappa shape index (κ1) is 13.1. The molecule has 0 aliphatic carbocycles. The van der Waals surface area contributed by atoms with Gasteiger partial charge < -0.3 is 9.47 Å². The SMILES string of the molecule is CCCC(OC(=O)OCC)C(F)(F)F. The van der Waals surface area contributed by atoms with Gasteiger partial charge in [0.15, 0.2) is 0 Å². The molecular formula is C8H13F3O3. The van der Waals surface area contributed by atoms with Crippen molar-refractivity contribution < 1.29 is 27.4 Å². The lowest BCUT2D eigenvalue weighted by atomic mass is 10.2. The molecule has 0 aromatic carbocycles. The molecule has 0 heterocycles. The molecule has 0 aromatic heterocycles. The van der Waals surface area contributed by atoms with Crippen LogP contribution in [-0.4, -0.2) is 25.0 Å². The van der Waals surface area contributed by atoms with Crippen molar-refractivity contribution in [2.75, 3.05) is 6.61 Å². The lowest BCUT2D eigenvalue weighted by molar-refractivity contribution is -0.210. The maximum absolute atomic E-state index is 12.2. The predicted molar refractivity (Wildman–Crippen MR) is 42.9 cm³/mol. The minimum absolute atomic E-state index is 0.00443. The highest BCUT2D eigenvalue weighted by molar-refractivity contribution is 5.60. The van der Waals surface area contributed by atoms with Crippen molar-refractivity contribution in [3.8, 4) is 0 Å². The van der Waals surface area contributed by atoms with Gasteiger partial charge >= 0.3 is 12.3 Å². The van der Waals surface area contributed by atoms with Crippen LogP contribution in [0.25, 0.3) is 0 Å². The lowest BCUT2D eigenvalue weighted by Crippen LogP contribution is -2.33. The molecule has 1 atom stereocenters. The van der Waals surface area contributed by atoms with E-state index < -0.39 is 18.4 Å². The zero-order chi connectivity index (χ0) is 11.2. The largest absolute Gasteiger partial charge is 0.508 e. The van der Waals surface area contributed by atoms with Gasteiger partial charge in [-0.05, 0) is 13.3 Å². The molecule has 0 saturated carbocycles. The molecule has 0 bridgehead atoms. The summed E-state index contributed by atoms with van der Waals surface area (Å²) in [7, 11) is 0. The first-order chi connectivity index (χ1) is 6.41. The Hall–Kier alpha value is -0.940. The summed E-state index contributed by atoms with van der Waals surface area (Å²) in [6, 6.07) is 0. The maximum Gasteiger partial charge on any atom is 0.508 e. The van der Waals surface area contributed by atoms with E-state index in [0.29, 0.717) is 0 Å². The van der Waals surface area contributed by atoms with Crippen LogP contribution in [0.2, 0.25) is 0 Å². The van der Waals surface area contributed by atoms with E-state index in [4.69, 9.17) is 0 Å². The molecule has 84 valence electrons. The first-order valence-corrected chi connectivity index (χ1v) is 4.31. The van der Waals surface area contributed by atoms with Crippen LogP contribution < -0.4 is 0 Å². The van der Waals surface area contributed by atoms with Gasteiger partial charge in [-0.15, -0.1) is 0 Å². The number of alkyl halides is 3. The van der Waals surface area contributed by atoms with Crippen LogP contribution in [0, 0.1) is 0 Å². The Morgan fingerprint density at radius 2 is 1.93 bits per heavy atom. The Morgan fingerprint density at radius 3 is 2.29 bits per heavy atom. The van der Waals surface area contributed by atoms with E-state index in [-0.39, 0.29) is 19.4 Å². The lowest BCUT2D eigenvalue weighted by Gasteiger charge is -2.19. The van der Waals surface area contributed by atoms with Crippen LogP contribution in [0.1, 0.15) is 26.7 Å². The molecule has 0 amide bonds. The fourth-order valence-corrected chi connectivity index (χ4v) is 0.820. The van der Waals surface area contributed by atoms with Crippen molar-refractivity contribution in [2.45, 2.75) is 39.0 Å². The summed E-state index contributed by atoms with van der Waals surface area (Å²) in [5, 5.41) is 0. The number of halogens is 3. The van der Waals surface area contributed by atoms with E-state index in [1.807, 2.05) is 0 Å². The third-order valence-electron chi connectivity index (χ3n) is 1.42. The summed E-state index contributed by atoms with van der Waals surface area (Å²) in [5.41, 5.74) is 0. The molecule has 14 heavy (non-hydrogen) atoms. The van der Waals surface area contributed by atoms with Crippen LogP contribution in [0.5, 0.6) is 0 Å². The molecule has 3 nitrogen and oxygen atoms in total. The monoisotopic (exact) mass is 214 g/mol. The van der Waals surface area contributed by atoms with Gasteiger partial charge in [0.05, 0.1) is 6.61 Å². The number of ether oxygens (including phenoxy) is 2. The topological polar surface area (TPSA) is 35.5 Å². The van der Waals surface area contributed by atoms with Gasteiger partial charge in [-0.2, -0.15) is 13.2 Å². The van der Waals surface area contributed by atoms with E-state index in [1.165, 1.54) is 6.92 Å². The van der Waals surface area contributed by atoms with Gasteiger partial charge in [-0.3, -0.25) is 0 Å². The minimum Gasteiger partial charge on any atom is -0.435 e. The Balaban J connectivity index is 4.16. The number of hydrogen-bond donors (Lipinski definition) is 0. The third-order valence-corrected chi connectivity index (χ3v) is 1.42. The second kappa shape index (κ2) is 5.72. The van der Waals surface area contributed by atoms with Crippen LogP contribution in [-0.2, 0) is 9.47 Å². The van der Waals surface area contributed by atoms with E-state index in [9.17, 15) is 18.0 Å². The van der Waals surface area contributed by atoms with Crippen molar-refractivity contribution in [2.24, 2.45) is 0 Å². The van der Waals surface area contributed by atoms with Gasteiger partial charge in [-0.25, -0.2) is 4.79 Å². The molecule has 0 saturated heterocycles. The zero-order valence-electron chi connectivity index (χ0n) is 8.06. The van der Waals surface area contributed by atoms with E-state index in [2.05, 4.69) is 9.47 Å². The summed E-state index contributed by atoms with van der Waals surface area (Å²) in [6.45, 7) is 3.06. The van der Waals surface area contributed by atoms with Crippen molar-refractivity contribution in [1.29, 1.82) is 0 Å². The van der Waals surface area contributed by atoms with E-state index in [1.54, 1.807) is 6.92 Å². The number of carbonyl (C=O) groups is 1. The van der Waals surface area contributed by atoms with Crippen LogP contribution in [0.3, 0.4) is 0 Å². The standard InChI is InChI=1S/C8H13F3O3/c1-3-5-6(8(9,10)11)14-7(12)13-4-2/h6H,3-5H2,1-2H3. The Kier molecular flexibility index (Phi) is 5.34. The van der Waals surface area contributed by atoms with Gasteiger partial charge in [0, 0.05) is 0 Å². The molecular weight excluding hydrogens is 201 g/mol. The van der Waals surface area contributed by atoms with Crippen molar-refractivity contribution in [3.05, 3.63) is 0 Å². The van der Waals surface area contributed by atoms with Gasteiger partial charge in [0.2, 0.25) is 6.10 Å². The Labute approximate surface area is 80.2 Å². The molecule has 0 spiro atoms. The minimum atomic E-state index is -4.53. The highest BCUT2D eigenvalue weighted by Crippen LogP contribution is 2.26.